The number of unbranched alkanes of at least 4 members (excludes halogenated alkanes) is 2. The van der Waals surface area contributed by atoms with E-state index in [1.54, 1.807) is 0 Å². The topological polar surface area (TPSA) is 0 Å². The van der Waals surface area contributed by atoms with E-state index < -0.39 is 0 Å². The number of hydrogen-bond donors (Lipinski definition) is 0. The molecule has 0 radical (unpaired) electrons. The molecule has 0 aliphatic rings. The SMILES string of the molecule is CC(C)(c1ccccc1)C(CCCCCc1ccccc1)C(C)(C)c1ccccc1. The molecule has 0 heteroatoms. The van der Waals surface area contributed by atoms with Crippen LogP contribution in [0, 0.1) is 5.92 Å². The number of aryl methyl sites for hydroxylation is 1. The van der Waals surface area contributed by atoms with Crippen molar-refractivity contribution in [2.45, 2.75) is 70.6 Å². The molecular formula is C30H38. The zero-order valence-corrected chi connectivity index (χ0v) is 19.3. The molecule has 3 aromatic carbocycles. The Bertz CT molecular complexity index is 808. The lowest BCUT2D eigenvalue weighted by Crippen LogP contribution is -2.42. The monoisotopic (exact) mass is 398 g/mol. The van der Waals surface area contributed by atoms with Gasteiger partial charge in [-0.15, -0.1) is 0 Å². The second kappa shape index (κ2) is 10.1. The number of rotatable bonds is 10. The van der Waals surface area contributed by atoms with Crippen LogP contribution in [0.1, 0.15) is 70.1 Å². The average molecular weight is 399 g/mol. The normalized spacial score (nSPS) is 12.3. The smallest absolute Gasteiger partial charge is 0.00670 e. The highest BCUT2D eigenvalue weighted by Gasteiger charge is 2.41. The van der Waals surface area contributed by atoms with Crippen LogP contribution in [-0.2, 0) is 17.3 Å². The Balaban J connectivity index is 1.74. The third-order valence-electron chi connectivity index (χ3n) is 7.08. The molecule has 3 rings (SSSR count). The molecule has 0 aromatic heterocycles. The summed E-state index contributed by atoms with van der Waals surface area (Å²) in [5, 5.41) is 0. The third-order valence-corrected chi connectivity index (χ3v) is 7.08. The summed E-state index contributed by atoms with van der Waals surface area (Å²) in [7, 11) is 0. The minimum absolute atomic E-state index is 0.111. The first-order valence-corrected chi connectivity index (χ1v) is 11.6. The fraction of sp³-hybridized carbons (Fsp3) is 0.400. The van der Waals surface area contributed by atoms with E-state index in [0.29, 0.717) is 5.92 Å². The van der Waals surface area contributed by atoms with Crippen molar-refractivity contribution >= 4 is 0 Å². The van der Waals surface area contributed by atoms with Crippen LogP contribution in [0.2, 0.25) is 0 Å². The third kappa shape index (κ3) is 5.42. The molecule has 0 nitrogen and oxygen atoms in total. The van der Waals surface area contributed by atoms with Crippen LogP contribution < -0.4 is 0 Å². The maximum absolute atomic E-state index is 2.45. The average Bonchev–Trinajstić information content (AvgIpc) is 2.78. The van der Waals surface area contributed by atoms with Gasteiger partial charge in [-0.2, -0.15) is 0 Å². The van der Waals surface area contributed by atoms with Crippen LogP contribution in [0.25, 0.3) is 0 Å². The molecule has 0 saturated carbocycles. The van der Waals surface area contributed by atoms with Gasteiger partial charge in [0.2, 0.25) is 0 Å². The first-order valence-electron chi connectivity index (χ1n) is 11.6. The quantitative estimate of drug-likeness (QED) is 0.301. The van der Waals surface area contributed by atoms with E-state index in [1.807, 2.05) is 0 Å². The maximum Gasteiger partial charge on any atom is -0.00670 e. The molecule has 0 heterocycles. The van der Waals surface area contributed by atoms with Gasteiger partial charge >= 0.3 is 0 Å². The van der Waals surface area contributed by atoms with E-state index in [4.69, 9.17) is 0 Å². The summed E-state index contributed by atoms with van der Waals surface area (Å²) in [4.78, 5) is 0. The molecule has 158 valence electrons. The minimum atomic E-state index is 0.111. The highest BCUT2D eigenvalue weighted by Crippen LogP contribution is 2.47. The van der Waals surface area contributed by atoms with Crippen LogP contribution in [0.15, 0.2) is 91.0 Å². The maximum atomic E-state index is 2.45. The zero-order chi connectivity index (χ0) is 21.5. The Hall–Kier alpha value is -2.34. The molecule has 0 saturated heterocycles. The van der Waals surface area contributed by atoms with E-state index in [2.05, 4.69) is 119 Å². The van der Waals surface area contributed by atoms with Crippen LogP contribution in [0.4, 0.5) is 0 Å². The summed E-state index contributed by atoms with van der Waals surface area (Å²) in [6, 6.07) is 33.1. The van der Waals surface area contributed by atoms with Crippen molar-refractivity contribution in [3.05, 3.63) is 108 Å². The van der Waals surface area contributed by atoms with Crippen molar-refractivity contribution in [1.29, 1.82) is 0 Å². The molecule has 0 aliphatic heterocycles. The number of hydrogen-bond acceptors (Lipinski definition) is 0. The van der Waals surface area contributed by atoms with E-state index in [9.17, 15) is 0 Å². The molecule has 0 amide bonds. The van der Waals surface area contributed by atoms with Gasteiger partial charge in [-0.3, -0.25) is 0 Å². The molecular weight excluding hydrogens is 360 g/mol. The summed E-state index contributed by atoms with van der Waals surface area (Å²) in [6.07, 6.45) is 6.29. The summed E-state index contributed by atoms with van der Waals surface area (Å²) in [6.45, 7) is 9.78. The molecule has 0 spiro atoms. The first-order chi connectivity index (χ1) is 14.4. The molecule has 0 fully saturated rings. The lowest BCUT2D eigenvalue weighted by molar-refractivity contribution is 0.181. The predicted octanol–water partition coefficient (Wildman–Crippen LogP) is 8.36. The fourth-order valence-electron chi connectivity index (χ4n) is 5.26. The summed E-state index contributed by atoms with van der Waals surface area (Å²) in [5.41, 5.74) is 4.58. The van der Waals surface area contributed by atoms with Gasteiger partial charge in [0.1, 0.15) is 0 Å². The molecule has 0 bridgehead atoms. The fourth-order valence-corrected chi connectivity index (χ4v) is 5.26. The minimum Gasteiger partial charge on any atom is -0.0622 e. The Morgan fingerprint density at radius 1 is 0.533 bits per heavy atom. The molecule has 0 aliphatic carbocycles. The van der Waals surface area contributed by atoms with Crippen LogP contribution >= 0.6 is 0 Å². The van der Waals surface area contributed by atoms with Crippen molar-refractivity contribution in [3.8, 4) is 0 Å². The molecule has 0 atom stereocenters. The van der Waals surface area contributed by atoms with Crippen molar-refractivity contribution < 1.29 is 0 Å². The summed E-state index contributed by atoms with van der Waals surface area (Å²) < 4.78 is 0. The van der Waals surface area contributed by atoms with Crippen molar-refractivity contribution in [2.75, 3.05) is 0 Å². The lowest BCUT2D eigenvalue weighted by Gasteiger charge is -2.46. The number of benzene rings is 3. The Morgan fingerprint density at radius 3 is 1.43 bits per heavy atom. The van der Waals surface area contributed by atoms with E-state index in [1.165, 1.54) is 48.8 Å². The lowest BCUT2D eigenvalue weighted by atomic mass is 9.58. The highest BCUT2D eigenvalue weighted by molar-refractivity contribution is 5.31. The van der Waals surface area contributed by atoms with Gasteiger partial charge in [0.25, 0.3) is 0 Å². The Labute approximate surface area is 184 Å². The van der Waals surface area contributed by atoms with Crippen molar-refractivity contribution in [2.24, 2.45) is 5.92 Å². The van der Waals surface area contributed by atoms with Gasteiger partial charge in [0.05, 0.1) is 0 Å². The van der Waals surface area contributed by atoms with E-state index in [0.717, 1.165) is 0 Å². The Kier molecular flexibility index (Phi) is 7.53. The van der Waals surface area contributed by atoms with Crippen LogP contribution in [0.5, 0.6) is 0 Å². The largest absolute Gasteiger partial charge is 0.0622 e. The Morgan fingerprint density at radius 2 is 0.967 bits per heavy atom. The standard InChI is InChI=1S/C30H38/c1-29(2,26-20-12-7-13-21-26)28(30(3,4)27-22-14-8-15-23-27)24-16-6-11-19-25-17-9-5-10-18-25/h5,7-10,12-15,17-18,20-23,28H,6,11,16,19,24H2,1-4H3. The molecule has 0 N–H and O–H groups in total. The predicted molar refractivity (Wildman–Crippen MR) is 131 cm³/mol. The van der Waals surface area contributed by atoms with Crippen molar-refractivity contribution in [1.82, 2.24) is 0 Å². The van der Waals surface area contributed by atoms with Gasteiger partial charge in [-0.1, -0.05) is 132 Å². The van der Waals surface area contributed by atoms with Crippen LogP contribution in [-0.4, -0.2) is 0 Å². The van der Waals surface area contributed by atoms with E-state index in [-0.39, 0.29) is 10.8 Å². The van der Waals surface area contributed by atoms with Crippen molar-refractivity contribution in [3.63, 3.8) is 0 Å². The van der Waals surface area contributed by atoms with Gasteiger partial charge < -0.3 is 0 Å². The summed E-state index contributed by atoms with van der Waals surface area (Å²) >= 11 is 0. The zero-order valence-electron chi connectivity index (χ0n) is 19.3. The second-order valence-corrected chi connectivity index (χ2v) is 9.81. The van der Waals surface area contributed by atoms with Gasteiger partial charge in [0.15, 0.2) is 0 Å². The molecule has 0 unspecified atom stereocenters. The van der Waals surface area contributed by atoms with E-state index >= 15 is 0 Å². The van der Waals surface area contributed by atoms with Gasteiger partial charge in [-0.05, 0) is 52.7 Å². The van der Waals surface area contributed by atoms with Gasteiger partial charge in [0, 0.05) is 0 Å². The molecule has 3 aromatic rings. The second-order valence-electron chi connectivity index (χ2n) is 9.81. The summed E-state index contributed by atoms with van der Waals surface area (Å²) in [5.74, 6) is 0.562. The molecule has 30 heavy (non-hydrogen) atoms. The highest BCUT2D eigenvalue weighted by atomic mass is 14.5. The van der Waals surface area contributed by atoms with Crippen LogP contribution in [0.3, 0.4) is 0 Å². The van der Waals surface area contributed by atoms with Gasteiger partial charge in [-0.25, -0.2) is 0 Å². The first kappa shape index (κ1) is 22.3.